The van der Waals surface area contributed by atoms with Crippen molar-refractivity contribution in [3.8, 4) is 0 Å². The summed E-state index contributed by atoms with van der Waals surface area (Å²) in [7, 11) is 4.34. The Balaban J connectivity index is 2.06. The Labute approximate surface area is 181 Å². The molecule has 0 aliphatic heterocycles. The molecule has 10 heteroatoms. The minimum absolute atomic E-state index is 0.0418. The number of unbranched alkanes of at least 4 members (excludes halogenated alkanes) is 3. The summed E-state index contributed by atoms with van der Waals surface area (Å²) in [5.74, 6) is -5.28. The van der Waals surface area contributed by atoms with Crippen molar-refractivity contribution in [2.75, 3.05) is 20.8 Å². The second-order valence-corrected chi connectivity index (χ2v) is 7.97. The maximum atomic E-state index is 15.0. The number of carbonyl (C=O) groups excluding carboxylic acids is 2. The lowest BCUT2D eigenvalue weighted by Crippen LogP contribution is -2.37. The molecule has 1 aromatic rings. The molecule has 0 bridgehead atoms. The molecule has 0 N–H and O–H groups in total. The smallest absolute Gasteiger partial charge is 0.306 e. The number of aromatic nitrogens is 3. The van der Waals surface area contributed by atoms with Gasteiger partial charge in [-0.2, -0.15) is 8.78 Å². The number of ether oxygens (including phenoxy) is 3. The monoisotopic (exact) mass is 445 g/mol. The van der Waals surface area contributed by atoms with Gasteiger partial charge in [0.05, 0.1) is 24.8 Å². The van der Waals surface area contributed by atoms with Gasteiger partial charge in [0.25, 0.3) is 5.92 Å². The van der Waals surface area contributed by atoms with E-state index in [1.54, 1.807) is 0 Å². The van der Waals surface area contributed by atoms with Gasteiger partial charge in [-0.1, -0.05) is 31.4 Å². The van der Waals surface area contributed by atoms with Crippen LogP contribution in [0.25, 0.3) is 0 Å². The number of aryl methyl sites for hydroxylation is 1. The van der Waals surface area contributed by atoms with E-state index >= 15 is 8.78 Å². The highest BCUT2D eigenvalue weighted by atomic mass is 19.3. The van der Waals surface area contributed by atoms with E-state index in [2.05, 4.69) is 17.2 Å². The van der Waals surface area contributed by atoms with Crippen molar-refractivity contribution in [1.82, 2.24) is 15.0 Å². The standard InChI is InChI=1S/C21H33F2N3O5/c1-5-6-7-8-11-31-17(28)10-9-15(27)14-12-16(29-3)19(30-4)18-20(21(22,23)13-14)24-25-26(18)2/h14,16,19H,5-13H2,1-4H3/t14?,16-,19+/m0/s1. The number of methoxy groups -OCH3 is 2. The normalized spacial score (nSPS) is 23.0. The first-order chi connectivity index (χ1) is 14.7. The Morgan fingerprint density at radius 1 is 1.16 bits per heavy atom. The summed E-state index contributed by atoms with van der Waals surface area (Å²) in [6.07, 6.45) is 1.44. The molecule has 8 nitrogen and oxygen atoms in total. The predicted molar refractivity (Wildman–Crippen MR) is 108 cm³/mol. The van der Waals surface area contributed by atoms with Gasteiger partial charge in [-0.25, -0.2) is 4.68 Å². The minimum atomic E-state index is -3.36. The average molecular weight is 446 g/mol. The number of nitrogens with zero attached hydrogens (tertiary/aromatic N) is 3. The summed E-state index contributed by atoms with van der Waals surface area (Å²) < 4.78 is 47.3. The lowest BCUT2D eigenvalue weighted by atomic mass is 9.82. The van der Waals surface area contributed by atoms with E-state index in [0.29, 0.717) is 6.61 Å². The summed E-state index contributed by atoms with van der Waals surface area (Å²) in [5, 5.41) is 7.37. The van der Waals surface area contributed by atoms with Crippen LogP contribution in [0.5, 0.6) is 0 Å². The molecule has 1 aromatic heterocycles. The molecular formula is C21H33F2N3O5. The molecule has 0 spiro atoms. The van der Waals surface area contributed by atoms with Crippen LogP contribution in [0, 0.1) is 5.92 Å². The van der Waals surface area contributed by atoms with Crippen LogP contribution >= 0.6 is 0 Å². The van der Waals surface area contributed by atoms with Crippen molar-refractivity contribution < 1.29 is 32.6 Å². The first kappa shape index (κ1) is 25.3. The van der Waals surface area contributed by atoms with Crippen LogP contribution in [0.2, 0.25) is 0 Å². The topological polar surface area (TPSA) is 92.5 Å². The zero-order valence-corrected chi connectivity index (χ0v) is 18.7. The molecule has 1 unspecified atom stereocenters. The zero-order chi connectivity index (χ0) is 23.0. The molecule has 0 amide bonds. The Hall–Kier alpha value is -1.94. The van der Waals surface area contributed by atoms with E-state index in [-0.39, 0.29) is 25.0 Å². The fourth-order valence-electron chi connectivity index (χ4n) is 3.96. The van der Waals surface area contributed by atoms with Gasteiger partial charge in [-0.05, 0) is 12.8 Å². The van der Waals surface area contributed by atoms with Gasteiger partial charge in [0.2, 0.25) is 0 Å². The van der Waals surface area contributed by atoms with Crippen molar-refractivity contribution in [3.63, 3.8) is 0 Å². The number of ketones is 1. The molecule has 2 rings (SSSR count). The number of rotatable bonds is 11. The van der Waals surface area contributed by atoms with Crippen LogP contribution in [0.3, 0.4) is 0 Å². The van der Waals surface area contributed by atoms with Crippen LogP contribution < -0.4 is 0 Å². The number of fused-ring (bicyclic) bond motifs is 1. The summed E-state index contributed by atoms with van der Waals surface area (Å²) in [6, 6.07) is 0. The number of carbonyl (C=O) groups is 2. The third-order valence-electron chi connectivity index (χ3n) is 5.69. The average Bonchev–Trinajstić information content (AvgIpc) is 3.11. The highest BCUT2D eigenvalue weighted by molar-refractivity contribution is 5.85. The van der Waals surface area contributed by atoms with Crippen molar-refractivity contribution >= 4 is 11.8 Å². The fourth-order valence-corrected chi connectivity index (χ4v) is 3.96. The van der Waals surface area contributed by atoms with Crippen LogP contribution in [0.4, 0.5) is 8.78 Å². The van der Waals surface area contributed by atoms with Crippen LogP contribution in [-0.4, -0.2) is 53.7 Å². The fraction of sp³-hybridized carbons (Fsp3) is 0.810. The van der Waals surface area contributed by atoms with E-state index in [1.807, 2.05) is 0 Å². The van der Waals surface area contributed by atoms with Gasteiger partial charge >= 0.3 is 5.97 Å². The highest BCUT2D eigenvalue weighted by Crippen LogP contribution is 2.44. The second-order valence-electron chi connectivity index (χ2n) is 7.97. The molecule has 0 saturated heterocycles. The molecule has 1 heterocycles. The number of alkyl halides is 2. The van der Waals surface area contributed by atoms with Gasteiger partial charge in [-0.3, -0.25) is 9.59 Å². The van der Waals surface area contributed by atoms with E-state index in [9.17, 15) is 9.59 Å². The molecule has 3 atom stereocenters. The largest absolute Gasteiger partial charge is 0.466 e. The van der Waals surface area contributed by atoms with Gasteiger partial charge < -0.3 is 14.2 Å². The van der Waals surface area contributed by atoms with Crippen molar-refractivity contribution in [2.45, 2.75) is 76.4 Å². The Morgan fingerprint density at radius 2 is 1.90 bits per heavy atom. The Morgan fingerprint density at radius 3 is 2.55 bits per heavy atom. The maximum absolute atomic E-state index is 15.0. The molecule has 1 aliphatic carbocycles. The summed E-state index contributed by atoms with van der Waals surface area (Å²) in [6.45, 7) is 2.40. The molecule has 1 aliphatic rings. The van der Waals surface area contributed by atoms with E-state index < -0.39 is 47.9 Å². The van der Waals surface area contributed by atoms with E-state index in [1.165, 1.54) is 25.9 Å². The SMILES string of the molecule is CCCCCCOC(=O)CCC(=O)C1C[C@H](OC)[C@@H](OC)c2c(nnn2C)C(F)(F)C1. The number of hydrogen-bond donors (Lipinski definition) is 0. The van der Waals surface area contributed by atoms with E-state index in [0.717, 1.165) is 25.7 Å². The predicted octanol–water partition coefficient (Wildman–Crippen LogP) is 3.49. The third-order valence-corrected chi connectivity index (χ3v) is 5.69. The van der Waals surface area contributed by atoms with Crippen LogP contribution in [0.1, 0.15) is 75.8 Å². The first-order valence-electron chi connectivity index (χ1n) is 10.8. The molecule has 0 fully saturated rings. The highest BCUT2D eigenvalue weighted by Gasteiger charge is 2.48. The van der Waals surface area contributed by atoms with Crippen molar-refractivity contribution in [2.24, 2.45) is 13.0 Å². The van der Waals surface area contributed by atoms with Crippen molar-refractivity contribution in [3.05, 3.63) is 11.4 Å². The Bertz CT molecular complexity index is 741. The molecule has 0 aromatic carbocycles. The maximum Gasteiger partial charge on any atom is 0.306 e. The van der Waals surface area contributed by atoms with Gasteiger partial charge in [0.15, 0.2) is 5.69 Å². The molecular weight excluding hydrogens is 412 g/mol. The van der Waals surface area contributed by atoms with Crippen molar-refractivity contribution in [1.29, 1.82) is 0 Å². The van der Waals surface area contributed by atoms with Gasteiger partial charge in [-0.15, -0.1) is 5.10 Å². The lowest BCUT2D eigenvalue weighted by molar-refractivity contribution is -0.146. The second kappa shape index (κ2) is 11.6. The van der Waals surface area contributed by atoms with Crippen LogP contribution in [0.15, 0.2) is 0 Å². The Kier molecular flexibility index (Phi) is 9.49. The number of esters is 1. The first-order valence-corrected chi connectivity index (χ1v) is 10.8. The van der Waals surface area contributed by atoms with Crippen LogP contribution in [-0.2, 0) is 36.8 Å². The number of hydrogen-bond acceptors (Lipinski definition) is 7. The molecule has 176 valence electrons. The summed E-state index contributed by atoms with van der Waals surface area (Å²) in [4.78, 5) is 24.7. The zero-order valence-electron chi connectivity index (χ0n) is 18.7. The van der Waals surface area contributed by atoms with E-state index in [4.69, 9.17) is 14.2 Å². The summed E-state index contributed by atoms with van der Waals surface area (Å²) >= 11 is 0. The molecule has 0 saturated carbocycles. The number of Topliss-reactive ketones (excluding diaryl/α,β-unsaturated/α-hetero) is 1. The quantitative estimate of drug-likeness (QED) is 0.380. The molecule has 31 heavy (non-hydrogen) atoms. The van der Waals surface area contributed by atoms with Gasteiger partial charge in [0, 0.05) is 40.0 Å². The summed E-state index contributed by atoms with van der Waals surface area (Å²) in [5.41, 5.74) is -0.371. The molecule has 0 radical (unpaired) electrons. The van der Waals surface area contributed by atoms with Gasteiger partial charge in [0.1, 0.15) is 11.9 Å². The lowest BCUT2D eigenvalue weighted by Gasteiger charge is -2.33. The third kappa shape index (κ3) is 6.52. The number of halogens is 2. The minimum Gasteiger partial charge on any atom is -0.466 e.